The first kappa shape index (κ1) is 25.4. The van der Waals surface area contributed by atoms with Gasteiger partial charge in [0.25, 0.3) is 0 Å². The average molecular weight is 516 g/mol. The van der Waals surface area contributed by atoms with Crippen LogP contribution in [0, 0.1) is 13.8 Å². The van der Waals surface area contributed by atoms with Crippen molar-refractivity contribution >= 4 is 17.1 Å². The highest BCUT2D eigenvalue weighted by atomic mass is 15.1. The molecule has 1 heteroatoms. The van der Waals surface area contributed by atoms with Crippen LogP contribution in [0.5, 0.6) is 0 Å². The average Bonchev–Trinajstić information content (AvgIpc) is 3.02. The number of benzene rings is 6. The van der Waals surface area contributed by atoms with E-state index in [0.29, 0.717) is 0 Å². The third-order valence-corrected chi connectivity index (χ3v) is 7.75. The van der Waals surface area contributed by atoms with Gasteiger partial charge in [0.05, 0.1) is 11.1 Å². The highest BCUT2D eigenvalue weighted by Crippen LogP contribution is 2.50. The number of anilines is 3. The van der Waals surface area contributed by atoms with Crippen LogP contribution in [0.4, 0.5) is 17.1 Å². The lowest BCUT2D eigenvalue weighted by Gasteiger charge is -2.40. The SMILES string of the molecule is Cc1ccc(N(c2ccc(C)cc2)c2ccccc2C(c2ccccc2)(c2ccccc2)c2ccccc2)cc1. The zero-order valence-electron chi connectivity index (χ0n) is 23.0. The maximum Gasteiger partial charge on any atom is 0.0721 e. The van der Waals surface area contributed by atoms with E-state index in [-0.39, 0.29) is 0 Å². The summed E-state index contributed by atoms with van der Waals surface area (Å²) in [6, 6.07) is 59.3. The van der Waals surface area contributed by atoms with Gasteiger partial charge in [-0.15, -0.1) is 0 Å². The molecule has 0 bridgehead atoms. The molecule has 0 saturated carbocycles. The van der Waals surface area contributed by atoms with Crippen LogP contribution in [0.3, 0.4) is 0 Å². The van der Waals surface area contributed by atoms with Crippen LogP contribution in [0.2, 0.25) is 0 Å². The molecule has 6 aromatic carbocycles. The molecule has 40 heavy (non-hydrogen) atoms. The van der Waals surface area contributed by atoms with Crippen molar-refractivity contribution < 1.29 is 0 Å². The first-order chi connectivity index (χ1) is 19.7. The lowest BCUT2D eigenvalue weighted by molar-refractivity contribution is 0.745. The summed E-state index contributed by atoms with van der Waals surface area (Å²) in [5.74, 6) is 0. The summed E-state index contributed by atoms with van der Waals surface area (Å²) < 4.78 is 0. The molecule has 0 amide bonds. The molecule has 0 unspecified atom stereocenters. The first-order valence-electron chi connectivity index (χ1n) is 13.9. The third-order valence-electron chi connectivity index (χ3n) is 7.75. The van der Waals surface area contributed by atoms with Gasteiger partial charge in [-0.2, -0.15) is 0 Å². The topological polar surface area (TPSA) is 3.24 Å². The first-order valence-corrected chi connectivity index (χ1v) is 13.9. The van der Waals surface area contributed by atoms with E-state index in [1.54, 1.807) is 0 Å². The summed E-state index contributed by atoms with van der Waals surface area (Å²) in [5.41, 5.74) is 10.3. The summed E-state index contributed by atoms with van der Waals surface area (Å²) in [4.78, 5) is 2.40. The number of para-hydroxylation sites is 1. The number of hydrogen-bond acceptors (Lipinski definition) is 1. The molecule has 0 radical (unpaired) electrons. The van der Waals surface area contributed by atoms with Gasteiger partial charge in [-0.3, -0.25) is 0 Å². The second-order valence-electron chi connectivity index (χ2n) is 10.4. The standard InChI is InChI=1S/C39H33N/c1-30-22-26-35(27-23-30)40(36-28-24-31(2)25-29-36)38-21-13-12-20-37(38)39(32-14-6-3-7-15-32,33-16-8-4-9-17-33)34-18-10-5-11-19-34/h3-29H,1-2H3. The Morgan fingerprint density at radius 3 is 1.12 bits per heavy atom. The van der Waals surface area contributed by atoms with E-state index in [4.69, 9.17) is 0 Å². The van der Waals surface area contributed by atoms with Crippen molar-refractivity contribution in [2.45, 2.75) is 19.3 Å². The molecule has 0 aliphatic rings. The summed E-state index contributed by atoms with van der Waals surface area (Å²) in [7, 11) is 0. The fraction of sp³-hybridized carbons (Fsp3) is 0.0769. The lowest BCUT2D eigenvalue weighted by Crippen LogP contribution is -2.32. The summed E-state index contributed by atoms with van der Waals surface area (Å²) in [6.07, 6.45) is 0. The van der Waals surface area contributed by atoms with Crippen LogP contribution in [-0.4, -0.2) is 0 Å². The Balaban J connectivity index is 1.73. The van der Waals surface area contributed by atoms with Gasteiger partial charge in [-0.05, 0) is 66.4 Å². The van der Waals surface area contributed by atoms with E-state index >= 15 is 0 Å². The molecule has 194 valence electrons. The number of nitrogens with zero attached hydrogens (tertiary/aromatic N) is 1. The lowest BCUT2D eigenvalue weighted by atomic mass is 9.64. The summed E-state index contributed by atoms with van der Waals surface area (Å²) >= 11 is 0. The molecule has 1 nitrogen and oxygen atoms in total. The predicted molar refractivity (Wildman–Crippen MR) is 169 cm³/mol. The van der Waals surface area contributed by atoms with Crippen LogP contribution in [-0.2, 0) is 5.41 Å². The molecule has 6 aromatic rings. The Morgan fingerprint density at radius 2 is 0.725 bits per heavy atom. The van der Waals surface area contributed by atoms with Crippen LogP contribution in [0.1, 0.15) is 33.4 Å². The van der Waals surface area contributed by atoms with E-state index in [9.17, 15) is 0 Å². The van der Waals surface area contributed by atoms with Crippen molar-refractivity contribution in [3.8, 4) is 0 Å². The quantitative estimate of drug-likeness (QED) is 0.191. The Kier molecular flexibility index (Phi) is 7.04. The van der Waals surface area contributed by atoms with E-state index in [2.05, 4.69) is 183 Å². The molecular weight excluding hydrogens is 482 g/mol. The van der Waals surface area contributed by atoms with Gasteiger partial charge in [-0.1, -0.05) is 145 Å². The molecule has 0 aromatic heterocycles. The zero-order chi connectivity index (χ0) is 27.4. The second kappa shape index (κ2) is 11.1. The molecule has 0 aliphatic heterocycles. The van der Waals surface area contributed by atoms with Crippen molar-refractivity contribution in [1.29, 1.82) is 0 Å². The van der Waals surface area contributed by atoms with Crippen molar-refractivity contribution in [2.24, 2.45) is 0 Å². The zero-order valence-corrected chi connectivity index (χ0v) is 23.0. The second-order valence-corrected chi connectivity index (χ2v) is 10.4. The van der Waals surface area contributed by atoms with Gasteiger partial charge in [0, 0.05) is 11.4 Å². The van der Waals surface area contributed by atoms with Crippen molar-refractivity contribution in [2.75, 3.05) is 4.90 Å². The van der Waals surface area contributed by atoms with E-state index in [1.165, 1.54) is 33.4 Å². The van der Waals surface area contributed by atoms with Crippen molar-refractivity contribution in [3.63, 3.8) is 0 Å². The largest absolute Gasteiger partial charge is 0.310 e. The Morgan fingerprint density at radius 1 is 0.375 bits per heavy atom. The van der Waals surface area contributed by atoms with Crippen LogP contribution >= 0.6 is 0 Å². The fourth-order valence-corrected chi connectivity index (χ4v) is 5.83. The van der Waals surface area contributed by atoms with Gasteiger partial charge in [0.1, 0.15) is 0 Å². The maximum atomic E-state index is 2.40. The molecular formula is C39H33N. The van der Waals surface area contributed by atoms with Crippen LogP contribution in [0.15, 0.2) is 164 Å². The minimum absolute atomic E-state index is 0.548. The summed E-state index contributed by atoms with van der Waals surface area (Å²) in [6.45, 7) is 4.28. The van der Waals surface area contributed by atoms with Gasteiger partial charge in [0.15, 0.2) is 0 Å². The van der Waals surface area contributed by atoms with Crippen LogP contribution in [0.25, 0.3) is 0 Å². The molecule has 0 N–H and O–H groups in total. The highest BCUT2D eigenvalue weighted by Gasteiger charge is 2.40. The highest BCUT2D eigenvalue weighted by molar-refractivity contribution is 5.82. The van der Waals surface area contributed by atoms with Crippen molar-refractivity contribution in [3.05, 3.63) is 197 Å². The number of hydrogen-bond donors (Lipinski definition) is 0. The monoisotopic (exact) mass is 515 g/mol. The van der Waals surface area contributed by atoms with E-state index in [0.717, 1.165) is 17.1 Å². The molecule has 0 heterocycles. The third kappa shape index (κ3) is 4.61. The summed E-state index contributed by atoms with van der Waals surface area (Å²) in [5, 5.41) is 0. The molecule has 0 saturated heterocycles. The normalized spacial score (nSPS) is 11.2. The Bertz CT molecular complexity index is 1530. The Hall–Kier alpha value is -4.88. The number of aryl methyl sites for hydroxylation is 2. The van der Waals surface area contributed by atoms with Gasteiger partial charge in [-0.25, -0.2) is 0 Å². The van der Waals surface area contributed by atoms with Gasteiger partial charge >= 0.3 is 0 Å². The molecule has 0 spiro atoms. The van der Waals surface area contributed by atoms with Gasteiger partial charge in [0.2, 0.25) is 0 Å². The Labute approximate surface area is 238 Å². The smallest absolute Gasteiger partial charge is 0.0721 e. The molecule has 0 aliphatic carbocycles. The van der Waals surface area contributed by atoms with Crippen LogP contribution < -0.4 is 4.90 Å². The molecule has 0 atom stereocenters. The van der Waals surface area contributed by atoms with Gasteiger partial charge < -0.3 is 4.90 Å². The number of rotatable bonds is 7. The van der Waals surface area contributed by atoms with Crippen molar-refractivity contribution in [1.82, 2.24) is 0 Å². The predicted octanol–water partition coefficient (Wildman–Crippen LogP) is 10.2. The fourth-order valence-electron chi connectivity index (χ4n) is 5.83. The maximum absolute atomic E-state index is 2.40. The van der Waals surface area contributed by atoms with E-state index < -0.39 is 5.41 Å². The van der Waals surface area contributed by atoms with E-state index in [1.807, 2.05) is 0 Å². The molecule has 6 rings (SSSR count). The minimum atomic E-state index is -0.548. The molecule has 0 fully saturated rings. The minimum Gasteiger partial charge on any atom is -0.310 e.